The van der Waals surface area contributed by atoms with Crippen LogP contribution in [0, 0.1) is 11.3 Å². The van der Waals surface area contributed by atoms with Gasteiger partial charge < -0.3 is 33.5 Å². The Morgan fingerprint density at radius 2 is 1.50 bits per heavy atom. The van der Waals surface area contributed by atoms with Gasteiger partial charge in [0.25, 0.3) is 0 Å². The SMILES string of the molecule is CCCC(=O)O[C@@H]1/C(C)=C\C[C@@H]2OC(=O)[C@@]3(C)O[C@@]23[C@@H](OC(C)=O)[C@H]2C(C)=C[C@@H](O)[C@@H](OC(C)=O)[C@]2(C)[C@@H]1OC(C)=O. The highest BCUT2D eigenvalue weighted by Crippen LogP contribution is 2.65. The molecule has 0 aromatic carbocycles. The quantitative estimate of drug-likeness (QED) is 0.207. The summed E-state index contributed by atoms with van der Waals surface area (Å²) in [5, 5.41) is 11.3. The molecule has 1 N–H and O–H groups in total. The van der Waals surface area contributed by atoms with Crippen LogP contribution in [0.2, 0.25) is 0 Å². The molecule has 42 heavy (non-hydrogen) atoms. The van der Waals surface area contributed by atoms with Gasteiger partial charge in [-0.25, -0.2) is 4.79 Å². The summed E-state index contributed by atoms with van der Waals surface area (Å²) < 4.78 is 35.6. The third-order valence-electron chi connectivity index (χ3n) is 9.02. The van der Waals surface area contributed by atoms with Crippen molar-refractivity contribution >= 4 is 29.8 Å². The molecule has 2 saturated heterocycles. The zero-order valence-electron chi connectivity index (χ0n) is 25.3. The van der Waals surface area contributed by atoms with Crippen molar-refractivity contribution in [1.82, 2.24) is 0 Å². The van der Waals surface area contributed by atoms with E-state index in [-0.39, 0.29) is 12.8 Å². The van der Waals surface area contributed by atoms with E-state index in [2.05, 4.69) is 0 Å². The summed E-state index contributed by atoms with van der Waals surface area (Å²) >= 11 is 0. The second kappa shape index (κ2) is 11.1. The van der Waals surface area contributed by atoms with Gasteiger partial charge in [-0.3, -0.25) is 19.2 Å². The van der Waals surface area contributed by atoms with Gasteiger partial charge in [0.1, 0.15) is 24.4 Å². The predicted molar refractivity (Wildman–Crippen MR) is 143 cm³/mol. The number of aliphatic hydroxyl groups is 1. The topological polar surface area (TPSA) is 164 Å². The zero-order valence-corrected chi connectivity index (χ0v) is 25.3. The second-order valence-corrected chi connectivity index (χ2v) is 12.0. The number of hydrogen-bond donors (Lipinski definition) is 1. The van der Waals surface area contributed by atoms with E-state index in [0.717, 1.165) is 0 Å². The van der Waals surface area contributed by atoms with Crippen LogP contribution in [0.15, 0.2) is 23.3 Å². The molecular weight excluding hydrogens is 552 g/mol. The fourth-order valence-corrected chi connectivity index (χ4v) is 7.21. The van der Waals surface area contributed by atoms with Gasteiger partial charge in [-0.1, -0.05) is 31.6 Å². The van der Waals surface area contributed by atoms with Crippen molar-refractivity contribution in [3.63, 3.8) is 0 Å². The van der Waals surface area contributed by atoms with Crippen LogP contribution >= 0.6 is 0 Å². The third kappa shape index (κ3) is 4.92. The molecule has 2 heterocycles. The Morgan fingerprint density at radius 3 is 2.05 bits per heavy atom. The maximum absolute atomic E-state index is 13.1. The summed E-state index contributed by atoms with van der Waals surface area (Å²) in [6.07, 6.45) is -3.59. The molecule has 232 valence electrons. The number of hydrogen-bond acceptors (Lipinski definition) is 12. The maximum atomic E-state index is 13.1. The minimum absolute atomic E-state index is 0.0806. The predicted octanol–water partition coefficient (Wildman–Crippen LogP) is 2.24. The number of esters is 5. The van der Waals surface area contributed by atoms with Gasteiger partial charge in [-0.15, -0.1) is 0 Å². The molecule has 2 fully saturated rings. The normalized spacial score (nSPS) is 41.7. The van der Waals surface area contributed by atoms with E-state index in [1.165, 1.54) is 26.8 Å². The standard InChI is InChI=1S/C30H40O12/c1-9-10-21(35)41-23-14(2)11-12-20-30(29(8,42-30)27(36)40-20)25(38-17(5)32)22-15(3)13-19(34)24(37-16(4)31)28(22,7)26(23)39-18(6)33/h11,13,19-20,22-26,34H,9-10,12H2,1-8H3/b14-11-/t19-,20+,22-,23-,24-,25+,26-,28-,29-,30-/m1/s1. The van der Waals surface area contributed by atoms with E-state index in [9.17, 15) is 29.1 Å². The number of carbonyl (C=O) groups excluding carboxylic acids is 5. The Labute approximate surface area is 244 Å². The highest BCUT2D eigenvalue weighted by atomic mass is 16.7. The summed E-state index contributed by atoms with van der Waals surface area (Å²) in [6.45, 7) is 11.9. The van der Waals surface area contributed by atoms with Crippen LogP contribution in [0.5, 0.6) is 0 Å². The summed E-state index contributed by atoms with van der Waals surface area (Å²) in [7, 11) is 0. The molecule has 0 radical (unpaired) electrons. The van der Waals surface area contributed by atoms with E-state index >= 15 is 0 Å². The second-order valence-electron chi connectivity index (χ2n) is 12.0. The molecule has 2 aliphatic carbocycles. The zero-order chi connectivity index (χ0) is 31.4. The Kier molecular flexibility index (Phi) is 8.38. The molecule has 0 amide bonds. The summed E-state index contributed by atoms with van der Waals surface area (Å²) in [6, 6.07) is 0. The van der Waals surface area contributed by atoms with E-state index in [1.54, 1.807) is 33.8 Å². The lowest BCUT2D eigenvalue weighted by molar-refractivity contribution is -0.222. The minimum atomic E-state index is -1.61. The fourth-order valence-electron chi connectivity index (χ4n) is 7.21. The van der Waals surface area contributed by atoms with Crippen LogP contribution in [0.4, 0.5) is 0 Å². The van der Waals surface area contributed by atoms with Gasteiger partial charge in [0.15, 0.2) is 23.4 Å². The van der Waals surface area contributed by atoms with Gasteiger partial charge in [0.2, 0.25) is 0 Å². The number of rotatable bonds is 6. The van der Waals surface area contributed by atoms with Gasteiger partial charge in [-0.2, -0.15) is 0 Å². The molecular formula is C30H40O12. The first-order chi connectivity index (χ1) is 19.5. The summed E-state index contributed by atoms with van der Waals surface area (Å²) in [5.41, 5.74) is -3.57. The average Bonchev–Trinajstić information content (AvgIpc) is 3.46. The van der Waals surface area contributed by atoms with E-state index in [1.807, 2.05) is 6.92 Å². The molecule has 4 rings (SSSR count). The number of ether oxygens (including phenoxy) is 6. The molecule has 4 aliphatic rings. The first-order valence-electron chi connectivity index (χ1n) is 14.2. The van der Waals surface area contributed by atoms with Crippen molar-refractivity contribution in [3.05, 3.63) is 23.3 Å². The maximum Gasteiger partial charge on any atom is 0.341 e. The van der Waals surface area contributed by atoms with Gasteiger partial charge in [0.05, 0.1) is 5.41 Å². The van der Waals surface area contributed by atoms with E-state index in [0.29, 0.717) is 17.6 Å². The van der Waals surface area contributed by atoms with Gasteiger partial charge in [0, 0.05) is 39.5 Å². The summed E-state index contributed by atoms with van der Waals surface area (Å²) in [4.78, 5) is 63.9. The van der Waals surface area contributed by atoms with Gasteiger partial charge in [-0.05, 0) is 32.8 Å². The fraction of sp³-hybridized carbons (Fsp3) is 0.700. The van der Waals surface area contributed by atoms with Crippen molar-refractivity contribution in [2.45, 2.75) is 122 Å². The lowest BCUT2D eigenvalue weighted by atomic mass is 9.55. The van der Waals surface area contributed by atoms with Crippen molar-refractivity contribution in [2.75, 3.05) is 0 Å². The van der Waals surface area contributed by atoms with E-state index in [4.69, 9.17) is 28.4 Å². The molecule has 0 aromatic rings. The lowest BCUT2D eigenvalue weighted by Crippen LogP contribution is -2.66. The van der Waals surface area contributed by atoms with E-state index < -0.39 is 89.0 Å². The molecule has 0 aromatic heterocycles. The Bertz CT molecular complexity index is 1240. The minimum Gasteiger partial charge on any atom is -0.459 e. The Balaban J connectivity index is 2.07. The molecule has 1 spiro atoms. The molecule has 2 aliphatic heterocycles. The third-order valence-corrected chi connectivity index (χ3v) is 9.02. The van der Waals surface area contributed by atoms with Crippen LogP contribution < -0.4 is 0 Å². The Morgan fingerprint density at radius 1 is 0.929 bits per heavy atom. The number of aliphatic hydroxyl groups excluding tert-OH is 1. The number of epoxide rings is 1. The lowest BCUT2D eigenvalue weighted by Gasteiger charge is -2.55. The molecule has 0 bridgehead atoms. The van der Waals surface area contributed by atoms with Crippen LogP contribution in [0.25, 0.3) is 0 Å². The molecule has 10 atom stereocenters. The van der Waals surface area contributed by atoms with Gasteiger partial charge >= 0.3 is 29.8 Å². The van der Waals surface area contributed by atoms with Crippen LogP contribution in [0.1, 0.15) is 74.7 Å². The first kappa shape index (κ1) is 31.7. The first-order valence-corrected chi connectivity index (χ1v) is 14.2. The van der Waals surface area contributed by atoms with Crippen LogP contribution in [-0.2, 0) is 52.4 Å². The van der Waals surface area contributed by atoms with Crippen molar-refractivity contribution in [2.24, 2.45) is 11.3 Å². The number of fused-ring (bicyclic) bond motifs is 1. The molecule has 12 nitrogen and oxygen atoms in total. The molecule has 0 unspecified atom stereocenters. The average molecular weight is 593 g/mol. The largest absolute Gasteiger partial charge is 0.459 e. The van der Waals surface area contributed by atoms with Crippen molar-refractivity contribution in [1.29, 1.82) is 0 Å². The summed E-state index contributed by atoms with van der Waals surface area (Å²) in [5.74, 6) is -4.32. The smallest absolute Gasteiger partial charge is 0.341 e. The monoisotopic (exact) mass is 592 g/mol. The highest BCUT2D eigenvalue weighted by molar-refractivity contribution is 5.88. The van der Waals surface area contributed by atoms with Crippen LogP contribution in [0.3, 0.4) is 0 Å². The van der Waals surface area contributed by atoms with Crippen molar-refractivity contribution in [3.8, 4) is 0 Å². The van der Waals surface area contributed by atoms with Crippen molar-refractivity contribution < 1.29 is 57.5 Å². The highest BCUT2D eigenvalue weighted by Gasteiger charge is 2.87. The van der Waals surface area contributed by atoms with Crippen LogP contribution in [-0.4, -0.2) is 82.8 Å². The molecule has 12 heteroatoms. The Hall–Kier alpha value is -3.25. The molecule has 0 saturated carbocycles. The number of carbonyl (C=O) groups is 5.